The van der Waals surface area contributed by atoms with E-state index >= 15 is 0 Å². The van der Waals surface area contributed by atoms with Gasteiger partial charge in [-0.25, -0.2) is 18.7 Å². The number of urea groups is 1. The van der Waals surface area contributed by atoms with Crippen molar-refractivity contribution in [2.75, 3.05) is 17.7 Å². The SMILES string of the molecule is COC(C)c1c(NC(=O)Nc2cc(F)c3nnc(C)n3c2)cnc2cc(Cl)nn12. The zero-order chi connectivity index (χ0) is 20.7. The third kappa shape index (κ3) is 3.45. The standard InChI is InChI=1S/C17H16ClFN8O2/c1-8(29-3)15-12(6-20-14-5-13(18)25-27(14)15)22-17(28)21-10-4-11(19)16-24-23-9(2)26(16)7-10/h4-8H,1-3H3,(H2,21,22,28). The number of aryl methyl sites for hydroxylation is 1. The molecular formula is C17H16ClFN8O2. The van der Waals surface area contributed by atoms with Crippen LogP contribution >= 0.6 is 11.6 Å². The number of amides is 2. The van der Waals surface area contributed by atoms with Crippen molar-refractivity contribution in [1.29, 1.82) is 0 Å². The maximum atomic E-state index is 14.2. The van der Waals surface area contributed by atoms with Gasteiger partial charge in [0.05, 0.1) is 29.4 Å². The number of hydrogen-bond acceptors (Lipinski definition) is 6. The van der Waals surface area contributed by atoms with Gasteiger partial charge in [-0.3, -0.25) is 4.40 Å². The number of methoxy groups -OCH3 is 1. The maximum absolute atomic E-state index is 14.2. The lowest BCUT2D eigenvalue weighted by Crippen LogP contribution is -2.22. The van der Waals surface area contributed by atoms with Gasteiger partial charge in [0, 0.05) is 25.4 Å². The summed E-state index contributed by atoms with van der Waals surface area (Å²) in [5.74, 6) is -0.115. The van der Waals surface area contributed by atoms with Crippen LogP contribution in [0, 0.1) is 12.7 Å². The fourth-order valence-corrected chi connectivity index (χ4v) is 3.11. The molecule has 2 amide bonds. The molecule has 0 aliphatic rings. The lowest BCUT2D eigenvalue weighted by Gasteiger charge is -2.17. The molecule has 0 spiro atoms. The van der Waals surface area contributed by atoms with Crippen LogP contribution in [0.5, 0.6) is 0 Å². The van der Waals surface area contributed by atoms with Gasteiger partial charge in [0.1, 0.15) is 5.82 Å². The third-order valence-corrected chi connectivity index (χ3v) is 4.55. The molecule has 2 N–H and O–H groups in total. The van der Waals surface area contributed by atoms with Crippen molar-refractivity contribution in [2.24, 2.45) is 0 Å². The van der Waals surface area contributed by atoms with Gasteiger partial charge in [-0.05, 0) is 13.8 Å². The van der Waals surface area contributed by atoms with Crippen LogP contribution in [0.15, 0.2) is 24.5 Å². The Morgan fingerprint density at radius 1 is 1.31 bits per heavy atom. The van der Waals surface area contributed by atoms with E-state index in [2.05, 4.69) is 30.9 Å². The molecule has 1 atom stereocenters. The van der Waals surface area contributed by atoms with E-state index in [9.17, 15) is 9.18 Å². The van der Waals surface area contributed by atoms with Crippen molar-refractivity contribution in [2.45, 2.75) is 20.0 Å². The van der Waals surface area contributed by atoms with Crippen molar-refractivity contribution in [3.8, 4) is 0 Å². The molecule has 4 heterocycles. The number of hydrogen-bond donors (Lipinski definition) is 2. The Hall–Kier alpha value is -3.31. The van der Waals surface area contributed by atoms with Gasteiger partial charge >= 0.3 is 6.03 Å². The van der Waals surface area contributed by atoms with Crippen LogP contribution in [0.2, 0.25) is 5.15 Å². The van der Waals surface area contributed by atoms with Crippen molar-refractivity contribution in [3.05, 3.63) is 47.0 Å². The fraction of sp³-hybridized carbons (Fsp3) is 0.235. The molecule has 4 aromatic rings. The molecule has 0 aliphatic carbocycles. The average Bonchev–Trinajstić information content (AvgIpc) is 3.23. The van der Waals surface area contributed by atoms with E-state index in [1.54, 1.807) is 19.9 Å². The van der Waals surface area contributed by atoms with E-state index in [1.165, 1.54) is 28.4 Å². The van der Waals surface area contributed by atoms with E-state index < -0.39 is 18.0 Å². The molecule has 150 valence electrons. The lowest BCUT2D eigenvalue weighted by atomic mass is 10.2. The quantitative estimate of drug-likeness (QED) is 0.526. The van der Waals surface area contributed by atoms with E-state index in [0.29, 0.717) is 22.9 Å². The Labute approximate surface area is 168 Å². The summed E-state index contributed by atoms with van der Waals surface area (Å²) in [6, 6.07) is 2.16. The monoisotopic (exact) mass is 418 g/mol. The average molecular weight is 419 g/mol. The molecular weight excluding hydrogens is 403 g/mol. The van der Waals surface area contributed by atoms with E-state index in [0.717, 1.165) is 6.07 Å². The summed E-state index contributed by atoms with van der Waals surface area (Å²) < 4.78 is 22.5. The van der Waals surface area contributed by atoms with Crippen molar-refractivity contribution >= 4 is 40.3 Å². The number of carbonyl (C=O) groups excluding carboxylic acids is 1. The van der Waals surface area contributed by atoms with Gasteiger partial charge in [-0.15, -0.1) is 10.2 Å². The molecule has 0 radical (unpaired) electrons. The van der Waals surface area contributed by atoms with E-state index in [-0.39, 0.29) is 16.5 Å². The van der Waals surface area contributed by atoms with Crippen molar-refractivity contribution < 1.29 is 13.9 Å². The fourth-order valence-electron chi connectivity index (χ4n) is 2.94. The Balaban J connectivity index is 1.65. The summed E-state index contributed by atoms with van der Waals surface area (Å²) in [5.41, 5.74) is 1.74. The minimum Gasteiger partial charge on any atom is -0.375 e. The van der Waals surface area contributed by atoms with Crippen LogP contribution in [0.25, 0.3) is 11.3 Å². The molecule has 10 nitrogen and oxygen atoms in total. The molecule has 4 rings (SSSR count). The predicted octanol–water partition coefficient (Wildman–Crippen LogP) is 3.22. The highest BCUT2D eigenvalue weighted by atomic mass is 35.5. The number of rotatable bonds is 4. The summed E-state index contributed by atoms with van der Waals surface area (Å²) in [7, 11) is 1.53. The molecule has 12 heteroatoms. The Morgan fingerprint density at radius 3 is 2.86 bits per heavy atom. The second kappa shape index (κ2) is 7.26. The van der Waals surface area contributed by atoms with Crippen LogP contribution in [0.1, 0.15) is 24.5 Å². The number of carbonyl (C=O) groups is 1. The molecule has 0 fully saturated rings. The number of anilines is 2. The van der Waals surface area contributed by atoms with Crippen LogP contribution in [-0.2, 0) is 4.74 Å². The zero-order valence-electron chi connectivity index (χ0n) is 15.6. The first-order valence-corrected chi connectivity index (χ1v) is 8.91. The van der Waals surface area contributed by atoms with Gasteiger partial charge in [0.25, 0.3) is 0 Å². The highest BCUT2D eigenvalue weighted by Gasteiger charge is 2.19. The third-order valence-electron chi connectivity index (χ3n) is 4.37. The number of nitrogens with one attached hydrogen (secondary N) is 2. The summed E-state index contributed by atoms with van der Waals surface area (Å²) >= 11 is 5.97. The van der Waals surface area contributed by atoms with Gasteiger partial charge in [-0.1, -0.05) is 11.6 Å². The molecule has 29 heavy (non-hydrogen) atoms. The second-order valence-electron chi connectivity index (χ2n) is 6.27. The maximum Gasteiger partial charge on any atom is 0.323 e. The Kier molecular flexibility index (Phi) is 4.76. The molecule has 0 aromatic carbocycles. The van der Waals surface area contributed by atoms with E-state index in [4.69, 9.17) is 16.3 Å². The predicted molar refractivity (Wildman–Crippen MR) is 104 cm³/mol. The first-order valence-electron chi connectivity index (χ1n) is 8.53. The number of ether oxygens (including phenoxy) is 1. The number of nitrogens with zero attached hydrogens (tertiary/aromatic N) is 6. The molecule has 0 saturated carbocycles. The van der Waals surface area contributed by atoms with Crippen LogP contribution < -0.4 is 10.6 Å². The first-order chi connectivity index (χ1) is 13.9. The number of pyridine rings is 1. The number of aromatic nitrogens is 6. The largest absolute Gasteiger partial charge is 0.375 e. The topological polar surface area (TPSA) is 111 Å². The number of fused-ring (bicyclic) bond motifs is 2. The van der Waals surface area contributed by atoms with Crippen molar-refractivity contribution in [3.63, 3.8) is 0 Å². The number of halogens is 2. The summed E-state index contributed by atoms with van der Waals surface area (Å²) in [6.45, 7) is 3.48. The smallest absolute Gasteiger partial charge is 0.323 e. The summed E-state index contributed by atoms with van der Waals surface area (Å²) in [5, 5.41) is 17.3. The molecule has 0 bridgehead atoms. The Bertz CT molecular complexity index is 1240. The highest BCUT2D eigenvalue weighted by molar-refractivity contribution is 6.29. The Morgan fingerprint density at radius 2 is 2.10 bits per heavy atom. The normalized spacial score (nSPS) is 12.4. The molecule has 0 saturated heterocycles. The first kappa shape index (κ1) is 19.0. The van der Waals surface area contributed by atoms with Crippen molar-refractivity contribution in [1.82, 2.24) is 29.2 Å². The lowest BCUT2D eigenvalue weighted by molar-refractivity contribution is 0.114. The van der Waals surface area contributed by atoms with Gasteiger partial charge < -0.3 is 15.4 Å². The van der Waals surface area contributed by atoms with Crippen LogP contribution in [0.3, 0.4) is 0 Å². The van der Waals surface area contributed by atoms with Crippen LogP contribution in [0.4, 0.5) is 20.6 Å². The highest BCUT2D eigenvalue weighted by Crippen LogP contribution is 2.26. The molecule has 1 unspecified atom stereocenters. The van der Waals surface area contributed by atoms with Crippen LogP contribution in [-0.4, -0.2) is 42.3 Å². The summed E-state index contributed by atoms with van der Waals surface area (Å²) in [6.07, 6.45) is 2.59. The van der Waals surface area contributed by atoms with E-state index in [1.807, 2.05) is 0 Å². The summed E-state index contributed by atoms with van der Waals surface area (Å²) in [4.78, 5) is 16.8. The van der Waals surface area contributed by atoms with Gasteiger partial charge in [-0.2, -0.15) is 5.10 Å². The molecule has 4 aromatic heterocycles. The van der Waals surface area contributed by atoms with Gasteiger partial charge in [0.2, 0.25) is 0 Å². The zero-order valence-corrected chi connectivity index (χ0v) is 16.4. The minimum absolute atomic E-state index is 0.0786. The minimum atomic E-state index is -0.605. The molecule has 0 aliphatic heterocycles. The van der Waals surface area contributed by atoms with Gasteiger partial charge in [0.15, 0.2) is 22.3 Å². The second-order valence-corrected chi connectivity index (χ2v) is 6.66.